The fraction of sp³-hybridized carbons (Fsp3) is 0.579. The molecule has 1 aromatic carbocycles. The summed E-state index contributed by atoms with van der Waals surface area (Å²) in [4.78, 5) is 29.5. The molecule has 0 spiro atoms. The quantitative estimate of drug-likeness (QED) is 0.798. The molecule has 1 heterocycles. The number of anilines is 2. The van der Waals surface area contributed by atoms with E-state index in [0.717, 1.165) is 31.9 Å². The maximum atomic E-state index is 12.6. The number of likely N-dealkylation sites (N-methyl/N-ethyl adjacent to an activating group) is 1. The lowest BCUT2D eigenvalue weighted by Crippen LogP contribution is -2.44. The molecule has 2 aliphatic rings. The van der Waals surface area contributed by atoms with Crippen molar-refractivity contribution in [2.45, 2.75) is 32.7 Å². The van der Waals surface area contributed by atoms with E-state index in [2.05, 4.69) is 27.5 Å². The fourth-order valence-corrected chi connectivity index (χ4v) is 3.15. The summed E-state index contributed by atoms with van der Waals surface area (Å²) in [6.07, 6.45) is 1.24. The van der Waals surface area contributed by atoms with Gasteiger partial charge in [0.15, 0.2) is 0 Å². The number of hydrogen-bond acceptors (Lipinski definition) is 4. The summed E-state index contributed by atoms with van der Waals surface area (Å²) in [7, 11) is 2.14. The van der Waals surface area contributed by atoms with Crippen LogP contribution in [0.4, 0.5) is 11.4 Å². The Kier molecular flexibility index (Phi) is 4.99. The monoisotopic (exact) mass is 344 g/mol. The Morgan fingerprint density at radius 3 is 2.12 bits per heavy atom. The number of hydrogen-bond donors (Lipinski definition) is 2. The molecule has 6 nitrogen and oxygen atoms in total. The first-order valence-corrected chi connectivity index (χ1v) is 9.07. The van der Waals surface area contributed by atoms with E-state index in [1.54, 1.807) is 0 Å². The number of benzene rings is 1. The summed E-state index contributed by atoms with van der Waals surface area (Å²) < 4.78 is 0. The highest BCUT2D eigenvalue weighted by atomic mass is 16.2. The van der Waals surface area contributed by atoms with Crippen LogP contribution in [-0.4, -0.2) is 56.0 Å². The highest BCUT2D eigenvalue weighted by Gasteiger charge is 2.56. The molecule has 6 heteroatoms. The molecular formula is C19H28N4O2. The third kappa shape index (κ3) is 3.95. The Hall–Kier alpha value is -2.08. The Morgan fingerprint density at radius 1 is 1.00 bits per heavy atom. The van der Waals surface area contributed by atoms with Gasteiger partial charge >= 0.3 is 0 Å². The number of carbonyl (C=O) groups excluding carboxylic acids is 2. The van der Waals surface area contributed by atoms with E-state index in [9.17, 15) is 9.59 Å². The highest BCUT2D eigenvalue weighted by Crippen LogP contribution is 2.47. The minimum Gasteiger partial charge on any atom is -0.369 e. The van der Waals surface area contributed by atoms with Gasteiger partial charge in [0.05, 0.1) is 0 Å². The summed E-state index contributed by atoms with van der Waals surface area (Å²) >= 11 is 0. The largest absolute Gasteiger partial charge is 0.369 e. The van der Waals surface area contributed by atoms with Gasteiger partial charge in [0, 0.05) is 43.6 Å². The minimum atomic E-state index is -0.875. The second-order valence-electron chi connectivity index (χ2n) is 7.50. The van der Waals surface area contributed by atoms with Gasteiger partial charge in [0.2, 0.25) is 11.8 Å². The lowest BCUT2D eigenvalue weighted by molar-refractivity contribution is -0.134. The zero-order chi connectivity index (χ0) is 18.0. The van der Waals surface area contributed by atoms with Gasteiger partial charge in [-0.3, -0.25) is 9.59 Å². The molecule has 25 heavy (non-hydrogen) atoms. The minimum absolute atomic E-state index is 0.0423. The fourth-order valence-electron chi connectivity index (χ4n) is 3.15. The van der Waals surface area contributed by atoms with Crippen LogP contribution >= 0.6 is 0 Å². The van der Waals surface area contributed by atoms with Crippen molar-refractivity contribution in [2.24, 2.45) is 5.41 Å². The van der Waals surface area contributed by atoms with E-state index in [0.29, 0.717) is 12.8 Å². The van der Waals surface area contributed by atoms with Crippen molar-refractivity contribution < 1.29 is 9.59 Å². The standard InChI is InChI=1S/C19H28N4O2/c1-14(2)20-17(24)19(8-9-19)18(25)21-15-4-6-16(7-5-15)23-12-10-22(3)11-13-23/h4-7,14H,8-13H2,1-3H3,(H,20,24)(H,21,25). The van der Waals surface area contributed by atoms with Crippen LogP contribution in [0, 0.1) is 5.41 Å². The van der Waals surface area contributed by atoms with Crippen LogP contribution in [-0.2, 0) is 9.59 Å². The number of rotatable bonds is 5. The molecular weight excluding hydrogens is 316 g/mol. The van der Waals surface area contributed by atoms with Crippen molar-refractivity contribution in [1.82, 2.24) is 10.2 Å². The van der Waals surface area contributed by atoms with E-state index in [1.807, 2.05) is 38.1 Å². The van der Waals surface area contributed by atoms with E-state index >= 15 is 0 Å². The molecule has 0 unspecified atom stereocenters. The molecule has 0 aromatic heterocycles. The predicted octanol–water partition coefficient (Wildman–Crippen LogP) is 1.68. The van der Waals surface area contributed by atoms with Gasteiger partial charge < -0.3 is 20.4 Å². The molecule has 1 saturated heterocycles. The molecule has 1 aromatic rings. The van der Waals surface area contributed by atoms with Crippen molar-refractivity contribution in [3.63, 3.8) is 0 Å². The van der Waals surface area contributed by atoms with E-state index < -0.39 is 5.41 Å². The van der Waals surface area contributed by atoms with Crippen LogP contribution in [0.3, 0.4) is 0 Å². The summed E-state index contributed by atoms with van der Waals surface area (Å²) in [5, 5.41) is 5.77. The Balaban J connectivity index is 1.60. The zero-order valence-electron chi connectivity index (χ0n) is 15.3. The Morgan fingerprint density at radius 2 is 1.60 bits per heavy atom. The lowest BCUT2D eigenvalue weighted by Gasteiger charge is -2.34. The third-order valence-corrected chi connectivity index (χ3v) is 5.03. The zero-order valence-corrected chi connectivity index (χ0v) is 15.3. The average molecular weight is 344 g/mol. The smallest absolute Gasteiger partial charge is 0.240 e. The Labute approximate surface area is 149 Å². The molecule has 0 bridgehead atoms. The number of piperazine rings is 1. The van der Waals surface area contributed by atoms with Crippen LogP contribution in [0.2, 0.25) is 0 Å². The van der Waals surface area contributed by atoms with Gasteiger partial charge in [-0.15, -0.1) is 0 Å². The molecule has 3 rings (SSSR count). The van der Waals surface area contributed by atoms with Crippen molar-refractivity contribution in [1.29, 1.82) is 0 Å². The van der Waals surface area contributed by atoms with Gasteiger partial charge in [0.1, 0.15) is 5.41 Å². The van der Waals surface area contributed by atoms with Crippen LogP contribution in [0.1, 0.15) is 26.7 Å². The molecule has 1 saturated carbocycles. The first kappa shape index (κ1) is 17.7. The van der Waals surface area contributed by atoms with Gasteiger partial charge in [-0.25, -0.2) is 0 Å². The molecule has 2 N–H and O–H groups in total. The van der Waals surface area contributed by atoms with Gasteiger partial charge in [-0.1, -0.05) is 0 Å². The second-order valence-corrected chi connectivity index (χ2v) is 7.50. The number of nitrogens with one attached hydrogen (secondary N) is 2. The van der Waals surface area contributed by atoms with Gasteiger partial charge in [0.25, 0.3) is 0 Å². The summed E-state index contributed by atoms with van der Waals surface area (Å²) in [6.45, 7) is 7.96. The van der Waals surface area contributed by atoms with E-state index in [1.165, 1.54) is 5.69 Å². The van der Waals surface area contributed by atoms with Gasteiger partial charge in [-0.2, -0.15) is 0 Å². The van der Waals surface area contributed by atoms with E-state index in [-0.39, 0.29) is 17.9 Å². The summed E-state index contributed by atoms with van der Waals surface area (Å²) in [5.74, 6) is -0.355. The molecule has 136 valence electrons. The first-order valence-electron chi connectivity index (χ1n) is 9.07. The van der Waals surface area contributed by atoms with Gasteiger partial charge in [-0.05, 0) is 58.0 Å². The lowest BCUT2D eigenvalue weighted by atomic mass is 10.0. The average Bonchev–Trinajstić information content (AvgIpc) is 3.38. The predicted molar refractivity (Wildman–Crippen MR) is 99.7 cm³/mol. The maximum absolute atomic E-state index is 12.6. The van der Waals surface area contributed by atoms with Crippen LogP contribution in [0.5, 0.6) is 0 Å². The molecule has 1 aliphatic heterocycles. The molecule has 0 radical (unpaired) electrons. The van der Waals surface area contributed by atoms with Crippen molar-refractivity contribution in [2.75, 3.05) is 43.4 Å². The summed E-state index contributed by atoms with van der Waals surface area (Å²) in [6, 6.07) is 7.95. The normalized spacial score (nSPS) is 19.6. The number of nitrogens with zero attached hydrogens (tertiary/aromatic N) is 2. The summed E-state index contributed by atoms with van der Waals surface area (Å²) in [5.41, 5.74) is 1.04. The Bertz CT molecular complexity index is 629. The molecule has 0 atom stereocenters. The van der Waals surface area contributed by atoms with Crippen molar-refractivity contribution in [3.05, 3.63) is 24.3 Å². The molecule has 1 aliphatic carbocycles. The number of carbonyl (C=O) groups is 2. The maximum Gasteiger partial charge on any atom is 0.240 e. The SMILES string of the molecule is CC(C)NC(=O)C1(C(=O)Nc2ccc(N3CCN(C)CC3)cc2)CC1. The topological polar surface area (TPSA) is 64.7 Å². The molecule has 2 fully saturated rings. The second kappa shape index (κ2) is 7.04. The van der Waals surface area contributed by atoms with Crippen LogP contribution in [0.15, 0.2) is 24.3 Å². The third-order valence-electron chi connectivity index (χ3n) is 5.03. The number of amides is 2. The highest BCUT2D eigenvalue weighted by molar-refractivity contribution is 6.13. The van der Waals surface area contributed by atoms with Crippen LogP contribution < -0.4 is 15.5 Å². The van der Waals surface area contributed by atoms with Crippen LogP contribution in [0.25, 0.3) is 0 Å². The molecule has 2 amide bonds. The van der Waals surface area contributed by atoms with E-state index in [4.69, 9.17) is 0 Å². The first-order chi connectivity index (χ1) is 11.9. The van der Waals surface area contributed by atoms with Crippen molar-refractivity contribution in [3.8, 4) is 0 Å². The van der Waals surface area contributed by atoms with Crippen molar-refractivity contribution >= 4 is 23.2 Å².